The van der Waals surface area contributed by atoms with Crippen molar-refractivity contribution < 1.29 is 28.6 Å². The lowest BCUT2D eigenvalue weighted by Gasteiger charge is -2.33. The van der Waals surface area contributed by atoms with Gasteiger partial charge in [-0.25, -0.2) is 0 Å². The van der Waals surface area contributed by atoms with E-state index in [4.69, 9.17) is 14.2 Å². The average Bonchev–Trinajstić information content (AvgIpc) is 2.89. The van der Waals surface area contributed by atoms with Crippen LogP contribution in [0.3, 0.4) is 0 Å². The molecule has 1 aliphatic heterocycles. The molecule has 0 bridgehead atoms. The van der Waals surface area contributed by atoms with Crippen molar-refractivity contribution in [3.8, 4) is 17.2 Å². The highest BCUT2D eigenvalue weighted by atomic mass is 16.5. The molecule has 0 saturated heterocycles. The Kier molecular flexibility index (Phi) is 9.08. The molecule has 0 saturated carbocycles. The molecule has 1 atom stereocenters. The van der Waals surface area contributed by atoms with Gasteiger partial charge in [0.1, 0.15) is 23.3 Å². The van der Waals surface area contributed by atoms with Crippen LogP contribution in [0.5, 0.6) is 17.2 Å². The van der Waals surface area contributed by atoms with Gasteiger partial charge in [-0.1, -0.05) is 19.9 Å². The average molecular weight is 484 g/mol. The SMILES string of the molecule is CCN(CC)CCNC(=O)[C@H](C)N1C(=O)COc2ccc(C(=O)COc3cccc(OC)c3)cc21. The number of ether oxygens (including phenoxy) is 3. The highest BCUT2D eigenvalue weighted by molar-refractivity contribution is 6.05. The number of rotatable bonds is 12. The van der Waals surface area contributed by atoms with Crippen molar-refractivity contribution in [2.75, 3.05) is 51.4 Å². The van der Waals surface area contributed by atoms with Gasteiger partial charge in [0, 0.05) is 24.7 Å². The minimum atomic E-state index is -0.764. The number of carbonyl (C=O) groups is 3. The number of anilines is 1. The summed E-state index contributed by atoms with van der Waals surface area (Å²) in [5.41, 5.74) is 0.740. The van der Waals surface area contributed by atoms with E-state index in [0.29, 0.717) is 35.0 Å². The van der Waals surface area contributed by atoms with Crippen LogP contribution >= 0.6 is 0 Å². The Labute approximate surface area is 205 Å². The van der Waals surface area contributed by atoms with Gasteiger partial charge in [0.05, 0.1) is 12.8 Å². The number of hydrogen-bond donors (Lipinski definition) is 1. The van der Waals surface area contributed by atoms with Crippen molar-refractivity contribution >= 4 is 23.3 Å². The number of methoxy groups -OCH3 is 1. The first-order chi connectivity index (χ1) is 16.9. The van der Waals surface area contributed by atoms with Crippen LogP contribution in [0, 0.1) is 0 Å². The van der Waals surface area contributed by atoms with E-state index in [1.165, 1.54) is 4.90 Å². The maximum Gasteiger partial charge on any atom is 0.265 e. The monoisotopic (exact) mass is 483 g/mol. The summed E-state index contributed by atoms with van der Waals surface area (Å²) in [6.45, 7) is 8.45. The molecule has 0 unspecified atom stereocenters. The van der Waals surface area contributed by atoms with Crippen LogP contribution in [0.4, 0.5) is 5.69 Å². The van der Waals surface area contributed by atoms with E-state index < -0.39 is 6.04 Å². The molecule has 0 aliphatic carbocycles. The summed E-state index contributed by atoms with van der Waals surface area (Å²) < 4.78 is 16.3. The van der Waals surface area contributed by atoms with Crippen molar-refractivity contribution in [2.45, 2.75) is 26.8 Å². The first-order valence-corrected chi connectivity index (χ1v) is 11.8. The molecule has 0 fully saturated rings. The Bertz CT molecular complexity index is 1050. The van der Waals surface area contributed by atoms with Crippen molar-refractivity contribution in [3.05, 3.63) is 48.0 Å². The summed E-state index contributed by atoms with van der Waals surface area (Å²) in [5, 5.41) is 2.90. The summed E-state index contributed by atoms with van der Waals surface area (Å²) >= 11 is 0. The molecule has 2 amide bonds. The molecule has 0 spiro atoms. The maximum atomic E-state index is 12.8. The summed E-state index contributed by atoms with van der Waals surface area (Å²) in [5.74, 6) is 0.685. The van der Waals surface area contributed by atoms with Crippen LogP contribution in [0.15, 0.2) is 42.5 Å². The van der Waals surface area contributed by atoms with Gasteiger partial charge in [0.15, 0.2) is 19.0 Å². The highest BCUT2D eigenvalue weighted by Gasteiger charge is 2.33. The standard InChI is InChI=1S/C26H33N3O6/c1-5-28(6-2)13-12-27-26(32)18(3)29-22-14-19(10-11-24(22)35-17-25(29)31)23(30)16-34-21-9-7-8-20(15-21)33-4/h7-11,14-15,18H,5-6,12-13,16-17H2,1-4H3,(H,27,32)/t18-/m0/s1. The fourth-order valence-electron chi connectivity index (χ4n) is 3.83. The first-order valence-electron chi connectivity index (χ1n) is 11.8. The van der Waals surface area contributed by atoms with Gasteiger partial charge in [-0.05, 0) is 50.3 Å². The van der Waals surface area contributed by atoms with E-state index in [9.17, 15) is 14.4 Å². The van der Waals surface area contributed by atoms with Crippen LogP contribution in [-0.2, 0) is 9.59 Å². The zero-order valence-electron chi connectivity index (χ0n) is 20.7. The summed E-state index contributed by atoms with van der Waals surface area (Å²) in [6.07, 6.45) is 0. The van der Waals surface area contributed by atoms with E-state index in [0.717, 1.165) is 19.6 Å². The zero-order chi connectivity index (χ0) is 25.4. The van der Waals surface area contributed by atoms with Crippen molar-refractivity contribution in [2.24, 2.45) is 0 Å². The van der Waals surface area contributed by atoms with Gasteiger partial charge in [0.2, 0.25) is 5.91 Å². The number of hydrogen-bond acceptors (Lipinski definition) is 7. The number of Topliss-reactive ketones (excluding diaryl/α,β-unsaturated/α-hetero) is 1. The number of fused-ring (bicyclic) bond motifs is 1. The largest absolute Gasteiger partial charge is 0.497 e. The molecular formula is C26H33N3O6. The minimum Gasteiger partial charge on any atom is -0.497 e. The maximum absolute atomic E-state index is 12.8. The van der Waals surface area contributed by atoms with Crippen LogP contribution in [0.25, 0.3) is 0 Å². The van der Waals surface area contributed by atoms with Crippen LogP contribution in [0.2, 0.25) is 0 Å². The second kappa shape index (κ2) is 12.2. The minimum absolute atomic E-state index is 0.170. The third-order valence-corrected chi connectivity index (χ3v) is 5.96. The lowest BCUT2D eigenvalue weighted by molar-refractivity contribution is -0.127. The third kappa shape index (κ3) is 6.51. The number of nitrogens with one attached hydrogen (secondary N) is 1. The lowest BCUT2D eigenvalue weighted by Crippen LogP contribution is -2.52. The number of benzene rings is 2. The normalized spacial score (nSPS) is 13.6. The number of carbonyl (C=O) groups excluding carboxylic acids is 3. The Morgan fingerprint density at radius 2 is 1.89 bits per heavy atom. The van der Waals surface area contributed by atoms with Gasteiger partial charge in [-0.2, -0.15) is 0 Å². The second-order valence-electron chi connectivity index (χ2n) is 8.12. The number of amides is 2. The molecule has 1 N–H and O–H groups in total. The summed E-state index contributed by atoms with van der Waals surface area (Å²) in [4.78, 5) is 42.0. The van der Waals surface area contributed by atoms with Crippen LogP contribution < -0.4 is 24.4 Å². The van der Waals surface area contributed by atoms with E-state index in [2.05, 4.69) is 24.1 Å². The second-order valence-corrected chi connectivity index (χ2v) is 8.12. The Balaban J connectivity index is 1.71. The molecule has 1 aliphatic rings. The molecule has 188 valence electrons. The van der Waals surface area contributed by atoms with E-state index in [1.54, 1.807) is 56.5 Å². The highest BCUT2D eigenvalue weighted by Crippen LogP contribution is 2.34. The third-order valence-electron chi connectivity index (χ3n) is 5.96. The molecule has 2 aromatic carbocycles. The smallest absolute Gasteiger partial charge is 0.265 e. The number of nitrogens with zero attached hydrogens (tertiary/aromatic N) is 2. The Morgan fingerprint density at radius 3 is 2.60 bits per heavy atom. The van der Waals surface area contributed by atoms with Gasteiger partial charge in [-0.15, -0.1) is 0 Å². The van der Waals surface area contributed by atoms with Crippen molar-refractivity contribution in [1.29, 1.82) is 0 Å². The van der Waals surface area contributed by atoms with E-state index >= 15 is 0 Å². The lowest BCUT2D eigenvalue weighted by atomic mass is 10.1. The molecule has 0 radical (unpaired) electrons. The van der Waals surface area contributed by atoms with E-state index in [1.807, 2.05) is 0 Å². The van der Waals surface area contributed by atoms with Crippen LogP contribution in [0.1, 0.15) is 31.1 Å². The van der Waals surface area contributed by atoms with Crippen molar-refractivity contribution in [1.82, 2.24) is 10.2 Å². The molecule has 3 rings (SSSR count). The summed E-state index contributed by atoms with van der Waals surface area (Å²) in [7, 11) is 1.55. The number of likely N-dealkylation sites (N-methyl/N-ethyl adjacent to an activating group) is 1. The quantitative estimate of drug-likeness (QED) is 0.464. The molecule has 9 heteroatoms. The molecule has 2 aromatic rings. The predicted molar refractivity (Wildman–Crippen MR) is 133 cm³/mol. The molecular weight excluding hydrogens is 450 g/mol. The summed E-state index contributed by atoms with van der Waals surface area (Å²) in [6, 6.07) is 11.0. The first kappa shape index (κ1) is 26.0. The molecule has 35 heavy (non-hydrogen) atoms. The fraction of sp³-hybridized carbons (Fsp3) is 0.423. The zero-order valence-corrected chi connectivity index (χ0v) is 20.7. The Hall–Kier alpha value is -3.59. The van der Waals surface area contributed by atoms with Crippen molar-refractivity contribution in [3.63, 3.8) is 0 Å². The topological polar surface area (TPSA) is 97.4 Å². The van der Waals surface area contributed by atoms with Gasteiger partial charge in [0.25, 0.3) is 5.91 Å². The van der Waals surface area contributed by atoms with Gasteiger partial charge >= 0.3 is 0 Å². The molecule has 0 aromatic heterocycles. The predicted octanol–water partition coefficient (Wildman–Crippen LogP) is 2.53. The van der Waals surface area contributed by atoms with Crippen LogP contribution in [-0.4, -0.2) is 75.0 Å². The fourth-order valence-corrected chi connectivity index (χ4v) is 3.83. The van der Waals surface area contributed by atoms with E-state index in [-0.39, 0.29) is 30.8 Å². The Morgan fingerprint density at radius 1 is 1.14 bits per heavy atom. The molecule has 1 heterocycles. The van der Waals surface area contributed by atoms with Gasteiger partial charge < -0.3 is 24.4 Å². The molecule has 9 nitrogen and oxygen atoms in total. The van der Waals surface area contributed by atoms with Gasteiger partial charge in [-0.3, -0.25) is 19.3 Å². The number of ketones is 1.